The molecule has 1 atom stereocenters. The van der Waals surface area contributed by atoms with Gasteiger partial charge in [0.05, 0.1) is 23.9 Å². The molecular weight excluding hydrogens is 294 g/mol. The van der Waals surface area contributed by atoms with Gasteiger partial charge in [0.15, 0.2) is 5.65 Å². The predicted molar refractivity (Wildman–Crippen MR) is 84.8 cm³/mol. The number of hydrogen-bond donors (Lipinski definition) is 2. The highest BCUT2D eigenvalue weighted by atomic mass is 16.3. The van der Waals surface area contributed by atoms with Crippen LogP contribution in [0.3, 0.4) is 0 Å². The lowest BCUT2D eigenvalue weighted by Crippen LogP contribution is -2.30. The quantitative estimate of drug-likeness (QED) is 0.753. The van der Waals surface area contributed by atoms with Gasteiger partial charge in [0.2, 0.25) is 0 Å². The monoisotopic (exact) mass is 311 g/mol. The molecule has 118 valence electrons. The maximum absolute atomic E-state index is 12.4. The summed E-state index contributed by atoms with van der Waals surface area (Å²) >= 11 is 0. The number of carbonyl (C=O) groups is 1. The Hall–Kier alpha value is -2.80. The van der Waals surface area contributed by atoms with Gasteiger partial charge in [-0.3, -0.25) is 14.5 Å². The number of aromatic nitrogens is 4. The Morgan fingerprint density at radius 3 is 2.96 bits per heavy atom. The molecule has 3 heterocycles. The lowest BCUT2D eigenvalue weighted by atomic mass is 10.1. The molecule has 0 spiro atoms. The molecule has 0 saturated carbocycles. The van der Waals surface area contributed by atoms with Gasteiger partial charge in [0, 0.05) is 31.0 Å². The van der Waals surface area contributed by atoms with Crippen molar-refractivity contribution in [2.75, 3.05) is 6.61 Å². The summed E-state index contributed by atoms with van der Waals surface area (Å²) in [6.45, 7) is 1.66. The molecule has 7 heteroatoms. The molecule has 0 saturated heterocycles. The molecule has 3 aromatic heterocycles. The Labute approximate surface area is 133 Å². The summed E-state index contributed by atoms with van der Waals surface area (Å²) in [5, 5.41) is 17.4. The van der Waals surface area contributed by atoms with Crippen LogP contribution in [-0.2, 0) is 7.05 Å². The van der Waals surface area contributed by atoms with Crippen LogP contribution in [0.5, 0.6) is 0 Å². The first-order valence-corrected chi connectivity index (χ1v) is 7.21. The van der Waals surface area contributed by atoms with E-state index in [9.17, 15) is 9.90 Å². The number of pyridine rings is 2. The predicted octanol–water partition coefficient (Wildman–Crippen LogP) is 1.14. The molecule has 0 aromatic carbocycles. The molecule has 2 N–H and O–H groups in total. The Morgan fingerprint density at radius 2 is 2.26 bits per heavy atom. The van der Waals surface area contributed by atoms with Crippen molar-refractivity contribution >= 4 is 16.9 Å². The highest BCUT2D eigenvalue weighted by molar-refractivity contribution is 5.97. The Kier molecular flexibility index (Phi) is 4.03. The standard InChI is InChI=1S/C16H17N5O2/c1-10-13-6-12(8-18-15(13)21(2)20-10)16(23)19-14(9-22)11-4-3-5-17-7-11/h3-8,14,22H,9H2,1-2H3,(H,19,23). The van der Waals surface area contributed by atoms with Crippen molar-refractivity contribution in [3.63, 3.8) is 0 Å². The van der Waals surface area contributed by atoms with Gasteiger partial charge in [-0.05, 0) is 24.6 Å². The third kappa shape index (κ3) is 2.91. The summed E-state index contributed by atoms with van der Waals surface area (Å²) in [4.78, 5) is 20.7. The van der Waals surface area contributed by atoms with Crippen LogP contribution in [-0.4, -0.2) is 37.4 Å². The Morgan fingerprint density at radius 1 is 1.43 bits per heavy atom. The molecule has 7 nitrogen and oxygen atoms in total. The maximum atomic E-state index is 12.4. The normalized spacial score (nSPS) is 12.3. The number of hydrogen-bond acceptors (Lipinski definition) is 5. The summed E-state index contributed by atoms with van der Waals surface area (Å²) in [7, 11) is 1.81. The molecule has 0 aliphatic heterocycles. The minimum Gasteiger partial charge on any atom is -0.394 e. The van der Waals surface area contributed by atoms with E-state index in [0.717, 1.165) is 22.3 Å². The second kappa shape index (κ2) is 6.13. The minimum absolute atomic E-state index is 0.209. The highest BCUT2D eigenvalue weighted by Crippen LogP contribution is 2.17. The lowest BCUT2D eigenvalue weighted by Gasteiger charge is -2.16. The Bertz CT molecular complexity index is 844. The van der Waals surface area contributed by atoms with Gasteiger partial charge in [-0.15, -0.1) is 0 Å². The molecule has 0 aliphatic rings. The van der Waals surface area contributed by atoms with Crippen molar-refractivity contribution in [3.8, 4) is 0 Å². The number of aliphatic hydroxyl groups excluding tert-OH is 1. The SMILES string of the molecule is Cc1nn(C)c2ncc(C(=O)NC(CO)c3cccnc3)cc12. The van der Waals surface area contributed by atoms with Crippen molar-refractivity contribution in [2.45, 2.75) is 13.0 Å². The smallest absolute Gasteiger partial charge is 0.253 e. The fourth-order valence-electron chi connectivity index (χ4n) is 2.49. The average Bonchev–Trinajstić information content (AvgIpc) is 2.87. The van der Waals surface area contributed by atoms with E-state index in [1.807, 2.05) is 14.0 Å². The second-order valence-corrected chi connectivity index (χ2v) is 5.30. The van der Waals surface area contributed by atoms with E-state index in [1.54, 1.807) is 35.3 Å². The summed E-state index contributed by atoms with van der Waals surface area (Å²) < 4.78 is 1.68. The Balaban J connectivity index is 1.86. The van der Waals surface area contributed by atoms with E-state index in [1.165, 1.54) is 6.20 Å². The molecule has 1 amide bonds. The molecular formula is C16H17N5O2. The van der Waals surface area contributed by atoms with Gasteiger partial charge in [-0.1, -0.05) is 6.07 Å². The van der Waals surface area contributed by atoms with Crippen LogP contribution in [0.4, 0.5) is 0 Å². The van der Waals surface area contributed by atoms with Crippen LogP contribution >= 0.6 is 0 Å². The van der Waals surface area contributed by atoms with Crippen LogP contribution < -0.4 is 5.32 Å². The van der Waals surface area contributed by atoms with Gasteiger partial charge in [0.25, 0.3) is 5.91 Å². The average molecular weight is 311 g/mol. The summed E-state index contributed by atoms with van der Waals surface area (Å²) in [6.07, 6.45) is 4.77. The first kappa shape index (κ1) is 15.1. The van der Waals surface area contributed by atoms with Crippen LogP contribution in [0, 0.1) is 6.92 Å². The van der Waals surface area contributed by atoms with Gasteiger partial charge >= 0.3 is 0 Å². The molecule has 23 heavy (non-hydrogen) atoms. The molecule has 1 unspecified atom stereocenters. The highest BCUT2D eigenvalue weighted by Gasteiger charge is 2.17. The summed E-state index contributed by atoms with van der Waals surface area (Å²) in [5.41, 5.74) is 2.71. The van der Waals surface area contributed by atoms with Gasteiger partial charge in [-0.25, -0.2) is 4.98 Å². The molecule has 3 aromatic rings. The van der Waals surface area contributed by atoms with Crippen molar-refractivity contribution in [3.05, 3.63) is 53.6 Å². The van der Waals surface area contributed by atoms with Crippen LogP contribution in [0.1, 0.15) is 27.7 Å². The number of aliphatic hydroxyl groups is 1. The molecule has 3 rings (SSSR count). The van der Waals surface area contributed by atoms with E-state index in [0.29, 0.717) is 5.56 Å². The zero-order valence-electron chi connectivity index (χ0n) is 12.9. The number of rotatable bonds is 4. The first-order chi connectivity index (χ1) is 11.1. The number of amides is 1. The van der Waals surface area contributed by atoms with Crippen molar-refractivity contribution in [2.24, 2.45) is 7.05 Å². The van der Waals surface area contributed by atoms with Gasteiger partial charge in [0.1, 0.15) is 0 Å². The zero-order chi connectivity index (χ0) is 16.4. The van der Waals surface area contributed by atoms with E-state index in [-0.39, 0.29) is 12.5 Å². The van der Waals surface area contributed by atoms with Gasteiger partial charge < -0.3 is 10.4 Å². The number of aryl methyl sites for hydroxylation is 2. The van der Waals surface area contributed by atoms with Crippen molar-refractivity contribution in [1.82, 2.24) is 25.1 Å². The summed E-state index contributed by atoms with van der Waals surface area (Å²) in [6, 6.07) is 4.82. The summed E-state index contributed by atoms with van der Waals surface area (Å²) in [5.74, 6) is -0.300. The zero-order valence-corrected chi connectivity index (χ0v) is 12.9. The number of carbonyl (C=O) groups excluding carboxylic acids is 1. The molecule has 0 fully saturated rings. The number of nitrogens with one attached hydrogen (secondary N) is 1. The van der Waals surface area contributed by atoms with Crippen molar-refractivity contribution < 1.29 is 9.90 Å². The third-order valence-corrected chi connectivity index (χ3v) is 3.70. The topological polar surface area (TPSA) is 92.9 Å². The fraction of sp³-hybridized carbons (Fsp3) is 0.250. The van der Waals surface area contributed by atoms with E-state index in [2.05, 4.69) is 20.4 Å². The second-order valence-electron chi connectivity index (χ2n) is 5.30. The molecule has 0 radical (unpaired) electrons. The van der Waals surface area contributed by atoms with Crippen molar-refractivity contribution in [1.29, 1.82) is 0 Å². The van der Waals surface area contributed by atoms with E-state index >= 15 is 0 Å². The van der Waals surface area contributed by atoms with E-state index < -0.39 is 6.04 Å². The minimum atomic E-state index is -0.512. The number of fused-ring (bicyclic) bond motifs is 1. The van der Waals surface area contributed by atoms with E-state index in [4.69, 9.17) is 0 Å². The van der Waals surface area contributed by atoms with Crippen LogP contribution in [0.15, 0.2) is 36.8 Å². The molecule has 0 bridgehead atoms. The maximum Gasteiger partial charge on any atom is 0.253 e. The van der Waals surface area contributed by atoms with Crippen LogP contribution in [0.25, 0.3) is 11.0 Å². The largest absolute Gasteiger partial charge is 0.394 e. The number of nitrogens with zero attached hydrogens (tertiary/aromatic N) is 4. The molecule has 0 aliphatic carbocycles. The fourth-order valence-corrected chi connectivity index (χ4v) is 2.49. The first-order valence-electron chi connectivity index (χ1n) is 7.21. The van der Waals surface area contributed by atoms with Crippen LogP contribution in [0.2, 0.25) is 0 Å². The third-order valence-electron chi connectivity index (χ3n) is 3.70. The van der Waals surface area contributed by atoms with Gasteiger partial charge in [-0.2, -0.15) is 5.10 Å². The lowest BCUT2D eigenvalue weighted by molar-refractivity contribution is 0.0916.